The molecular formula is C26H33N10O5+. The van der Waals surface area contributed by atoms with Crippen LogP contribution < -0.4 is 42.7 Å². The van der Waals surface area contributed by atoms with E-state index in [0.29, 0.717) is 17.9 Å². The van der Waals surface area contributed by atoms with Crippen molar-refractivity contribution in [2.75, 3.05) is 19.7 Å². The summed E-state index contributed by atoms with van der Waals surface area (Å²) in [6, 6.07) is 4.54. The molecule has 1 spiro atoms. The molecule has 1 fully saturated rings. The molecule has 6 rings (SSSR count). The van der Waals surface area contributed by atoms with E-state index in [1.165, 1.54) is 0 Å². The summed E-state index contributed by atoms with van der Waals surface area (Å²) in [7, 11) is 0. The predicted octanol–water partition coefficient (Wildman–Crippen LogP) is -4.20. The van der Waals surface area contributed by atoms with Crippen LogP contribution in [0.4, 0.5) is 0 Å². The second-order valence-corrected chi connectivity index (χ2v) is 11.3. The number of nitrogens with one attached hydrogen (secondary N) is 5. The van der Waals surface area contributed by atoms with Crippen LogP contribution in [0, 0.1) is 0 Å². The third-order valence-electron chi connectivity index (χ3n) is 8.40. The van der Waals surface area contributed by atoms with Crippen molar-refractivity contribution in [1.82, 2.24) is 30.8 Å². The van der Waals surface area contributed by atoms with Crippen molar-refractivity contribution in [2.45, 2.75) is 55.6 Å². The van der Waals surface area contributed by atoms with E-state index in [1.54, 1.807) is 11.0 Å². The molecule has 4 aliphatic rings. The first kappa shape index (κ1) is 26.6. The van der Waals surface area contributed by atoms with E-state index in [0.717, 1.165) is 24.4 Å². The molecule has 1 aromatic carbocycles. The minimum atomic E-state index is -1.25. The average molecular weight is 566 g/mol. The summed E-state index contributed by atoms with van der Waals surface area (Å²) in [5.41, 5.74) is 12.0. The molecule has 5 heterocycles. The molecule has 0 bridgehead atoms. The van der Waals surface area contributed by atoms with Gasteiger partial charge in [-0.25, -0.2) is 15.3 Å². The third-order valence-corrected chi connectivity index (χ3v) is 8.40. The first-order valence-corrected chi connectivity index (χ1v) is 13.4. The van der Waals surface area contributed by atoms with Gasteiger partial charge in [0, 0.05) is 24.7 Å². The Kier molecular flexibility index (Phi) is 6.13. The number of fused-ring (bicyclic) bond motifs is 1. The number of aliphatic hydroxyl groups excluding tert-OH is 1. The minimum Gasteiger partial charge on any atom is -0.492 e. The number of para-hydroxylation sites is 1. The molecule has 1 saturated heterocycles. The van der Waals surface area contributed by atoms with Crippen molar-refractivity contribution < 1.29 is 24.4 Å². The van der Waals surface area contributed by atoms with Crippen LogP contribution in [0.5, 0.6) is 5.75 Å². The maximum absolute atomic E-state index is 13.5. The Morgan fingerprint density at radius 2 is 2.10 bits per heavy atom. The zero-order valence-corrected chi connectivity index (χ0v) is 22.6. The van der Waals surface area contributed by atoms with Crippen LogP contribution in [0.1, 0.15) is 46.7 Å². The van der Waals surface area contributed by atoms with Crippen LogP contribution in [0.3, 0.4) is 0 Å². The molecule has 15 nitrogen and oxygen atoms in total. The molecule has 0 saturated carbocycles. The molecule has 2 aromatic rings. The summed E-state index contributed by atoms with van der Waals surface area (Å²) in [6.45, 7) is 4.89. The normalized spacial score (nSPS) is 29.1. The standard InChI is InChI=1S/C26H32N10O5/c1-25(2)6-7-41-18-12(4-3-5-13(18)25)21(39)32-16-10-36-24(28)33-15(19-26(36,20(16)38)35-23(27)34-19)9-29-22(40)14-8-17(37)31-11-30-14/h3-5,8,11,15-16,19-20,38H,6-7,9-10H2,1-2H3,(H2,28,33)(H,29,40)(H,32,39)(H3,27,34,35)(H,30,31,37)/p+1/t15-,16?,19-,20+,26?/m0/s1. The van der Waals surface area contributed by atoms with Gasteiger partial charge in [0.25, 0.3) is 17.4 Å². The van der Waals surface area contributed by atoms with Gasteiger partial charge in [-0.05, 0) is 17.9 Å². The van der Waals surface area contributed by atoms with Gasteiger partial charge in [-0.15, -0.1) is 0 Å². The number of nitrogens with two attached hydrogens (primary N) is 2. The van der Waals surface area contributed by atoms with E-state index in [-0.39, 0.29) is 42.0 Å². The number of nitrogens with zero attached hydrogens (tertiary/aromatic N) is 3. The maximum atomic E-state index is 13.5. The van der Waals surface area contributed by atoms with Crippen LogP contribution in [0.15, 0.2) is 40.4 Å². The van der Waals surface area contributed by atoms with Gasteiger partial charge in [0.15, 0.2) is 12.0 Å². The number of hydrogen-bond acceptors (Lipinski definition) is 11. The number of carbonyl (C=O) groups is 2. The zero-order chi connectivity index (χ0) is 29.1. The fourth-order valence-corrected chi connectivity index (χ4v) is 6.26. The lowest BCUT2D eigenvalue weighted by Gasteiger charge is -2.43. The van der Waals surface area contributed by atoms with E-state index in [1.807, 2.05) is 12.1 Å². The Bertz CT molecular complexity index is 1540. The number of aromatic nitrogens is 2. The Morgan fingerprint density at radius 3 is 2.88 bits per heavy atom. The molecule has 41 heavy (non-hydrogen) atoms. The Balaban J connectivity index is 1.23. The van der Waals surface area contributed by atoms with Crippen molar-refractivity contribution in [3.8, 4) is 5.75 Å². The zero-order valence-electron chi connectivity index (χ0n) is 22.6. The number of aromatic amines is 1. The van der Waals surface area contributed by atoms with Crippen LogP contribution in [-0.2, 0) is 5.41 Å². The quantitative estimate of drug-likeness (QED) is 0.174. The van der Waals surface area contributed by atoms with E-state index < -0.39 is 41.4 Å². The largest absolute Gasteiger partial charge is 0.492 e. The van der Waals surface area contributed by atoms with Crippen molar-refractivity contribution in [1.29, 1.82) is 0 Å². The molecule has 0 radical (unpaired) electrons. The highest BCUT2D eigenvalue weighted by atomic mass is 16.5. The lowest BCUT2D eigenvalue weighted by atomic mass is 9.79. The van der Waals surface area contributed by atoms with Crippen LogP contribution in [-0.4, -0.2) is 93.3 Å². The fourth-order valence-electron chi connectivity index (χ4n) is 6.26. The van der Waals surface area contributed by atoms with Crippen molar-refractivity contribution in [3.05, 3.63) is 57.8 Å². The first-order valence-electron chi connectivity index (χ1n) is 13.4. The van der Waals surface area contributed by atoms with Gasteiger partial charge >= 0.3 is 5.96 Å². The minimum absolute atomic E-state index is 0.00323. The molecule has 5 atom stereocenters. The predicted molar refractivity (Wildman–Crippen MR) is 146 cm³/mol. The fraction of sp³-hybridized carbons (Fsp3) is 0.462. The summed E-state index contributed by atoms with van der Waals surface area (Å²) in [5.74, 6) is -0.109. The average Bonchev–Trinajstić information content (AvgIpc) is 3.43. The van der Waals surface area contributed by atoms with Gasteiger partial charge < -0.3 is 36.1 Å². The topological polar surface area (TPSA) is 227 Å². The molecule has 216 valence electrons. The monoisotopic (exact) mass is 565 g/mol. The number of H-pyrrole nitrogens is 1. The molecule has 2 unspecified atom stereocenters. The Hall–Kier alpha value is -4.66. The highest BCUT2D eigenvalue weighted by molar-refractivity contribution is 5.98. The summed E-state index contributed by atoms with van der Waals surface area (Å²) < 4.78 is 5.92. The number of amides is 2. The summed E-state index contributed by atoms with van der Waals surface area (Å²) in [4.78, 5) is 53.3. The van der Waals surface area contributed by atoms with Crippen LogP contribution in [0.25, 0.3) is 0 Å². The van der Waals surface area contributed by atoms with Gasteiger partial charge in [0.1, 0.15) is 23.6 Å². The smallest absolute Gasteiger partial charge is 0.343 e. The first-order chi connectivity index (χ1) is 19.5. The number of benzene rings is 1. The molecule has 0 aliphatic carbocycles. The number of ether oxygens (including phenoxy) is 1. The van der Waals surface area contributed by atoms with Crippen LogP contribution in [0.2, 0.25) is 0 Å². The maximum Gasteiger partial charge on any atom is 0.343 e. The van der Waals surface area contributed by atoms with Gasteiger partial charge in [-0.3, -0.25) is 25.1 Å². The molecule has 1 aromatic heterocycles. The lowest BCUT2D eigenvalue weighted by molar-refractivity contribution is -0.513. The van der Waals surface area contributed by atoms with E-state index in [4.69, 9.17) is 16.2 Å². The van der Waals surface area contributed by atoms with Gasteiger partial charge in [0.2, 0.25) is 5.66 Å². The highest BCUT2D eigenvalue weighted by Gasteiger charge is 2.68. The molecule has 10 N–H and O–H groups in total. The summed E-state index contributed by atoms with van der Waals surface area (Å²) >= 11 is 0. The SMILES string of the molecule is CC1(C)CCOc2c(C(=O)NC3CN4C(N)=N[C@@H](CNC(=O)c5cc(=O)[nH]cn5)[C@@H]5[NH+]=C(N)NC54[C@@H]3O)cccc21. The molecule has 4 aliphatic heterocycles. The number of aliphatic hydroxyl groups is 1. The number of carbonyl (C=O) groups excluding carboxylic acids is 2. The molecule has 15 heteroatoms. The van der Waals surface area contributed by atoms with Gasteiger partial charge in [-0.2, -0.15) is 0 Å². The van der Waals surface area contributed by atoms with Crippen molar-refractivity contribution in [2.24, 2.45) is 16.5 Å². The van der Waals surface area contributed by atoms with E-state index in [2.05, 4.69) is 49.8 Å². The Labute approximate surface area is 234 Å². The van der Waals surface area contributed by atoms with Gasteiger partial charge in [0.05, 0.1) is 24.5 Å². The number of aliphatic imine (C=N–C) groups is 1. The van der Waals surface area contributed by atoms with Crippen LogP contribution >= 0.6 is 0 Å². The Morgan fingerprint density at radius 1 is 1.29 bits per heavy atom. The molecular weight excluding hydrogens is 532 g/mol. The van der Waals surface area contributed by atoms with Crippen molar-refractivity contribution >= 4 is 23.7 Å². The molecule has 2 amide bonds. The highest BCUT2D eigenvalue weighted by Crippen LogP contribution is 2.41. The lowest BCUT2D eigenvalue weighted by Crippen LogP contribution is -2.88. The second kappa shape index (κ2) is 9.47. The van der Waals surface area contributed by atoms with Gasteiger partial charge in [-0.1, -0.05) is 26.0 Å². The number of guanidine groups is 2. The summed E-state index contributed by atoms with van der Waals surface area (Å²) in [6.07, 6.45) is 0.798. The van der Waals surface area contributed by atoms with Crippen molar-refractivity contribution in [3.63, 3.8) is 0 Å². The summed E-state index contributed by atoms with van der Waals surface area (Å²) in [5, 5.41) is 20.5. The van der Waals surface area contributed by atoms with E-state index in [9.17, 15) is 19.5 Å². The number of hydrogen-bond donors (Lipinski definition) is 8. The third kappa shape index (κ3) is 4.23. The second-order valence-electron chi connectivity index (χ2n) is 11.3. The van der Waals surface area contributed by atoms with E-state index >= 15 is 0 Å². The number of rotatable bonds is 5.